The minimum atomic E-state index is 0.812. The van der Waals surface area contributed by atoms with E-state index in [2.05, 4.69) is 228 Å². The molecule has 1 aromatic heterocycles. The number of nitrogens with zero attached hydrogens (tertiary/aromatic N) is 2. The smallest absolute Gasteiger partial charge is 0.0541 e. The molecule has 1 aliphatic heterocycles. The van der Waals surface area contributed by atoms with Gasteiger partial charge < -0.3 is 9.47 Å². The van der Waals surface area contributed by atoms with Crippen LogP contribution in [0, 0.1) is 0 Å². The Morgan fingerprint density at radius 2 is 0.860 bits per heavy atom. The van der Waals surface area contributed by atoms with Gasteiger partial charge in [0.05, 0.1) is 11.0 Å². The second-order valence-corrected chi connectivity index (χ2v) is 14.9. The van der Waals surface area contributed by atoms with E-state index < -0.39 is 0 Å². The summed E-state index contributed by atoms with van der Waals surface area (Å²) >= 11 is 0. The van der Waals surface area contributed by atoms with Crippen LogP contribution in [0.3, 0.4) is 0 Å². The van der Waals surface area contributed by atoms with Gasteiger partial charge in [0.2, 0.25) is 0 Å². The molecule has 9 aromatic carbocycles. The van der Waals surface area contributed by atoms with Gasteiger partial charge in [0.15, 0.2) is 0 Å². The molecule has 2 heterocycles. The van der Waals surface area contributed by atoms with Crippen LogP contribution >= 0.6 is 0 Å². The third kappa shape index (κ3) is 5.73. The Labute approximate surface area is 333 Å². The maximum Gasteiger partial charge on any atom is 0.0541 e. The summed E-state index contributed by atoms with van der Waals surface area (Å²) in [6.07, 6.45) is 0. The van der Waals surface area contributed by atoms with Crippen LogP contribution in [0.1, 0.15) is 5.56 Å². The molecule has 0 amide bonds. The van der Waals surface area contributed by atoms with Crippen LogP contribution in [-0.2, 0) is 6.54 Å². The summed E-state index contributed by atoms with van der Waals surface area (Å²) in [6, 6.07) is 79.6. The van der Waals surface area contributed by atoms with Gasteiger partial charge in [0, 0.05) is 39.9 Å². The van der Waals surface area contributed by atoms with Crippen molar-refractivity contribution in [1.29, 1.82) is 0 Å². The standard InChI is InChI=1S/C55H38N2/c1-3-15-38(16-4-1)40-19-13-21-45(33-40)56-37-44-30-29-41(35-51(44)49-25-9-11-27-53(49)56)42-31-32-55-52(36-42)50-26-10-12-28-54(50)57(55)46-22-14-20-43(34-46)48-24-8-7-23-47(48)39-17-5-2-6-18-39/h1-36H,37H2. The minimum Gasteiger partial charge on any atom is -0.336 e. The number of hydrogen-bond donors (Lipinski definition) is 0. The lowest BCUT2D eigenvalue weighted by Crippen LogP contribution is -2.21. The van der Waals surface area contributed by atoms with Gasteiger partial charge in [-0.1, -0.05) is 164 Å². The van der Waals surface area contributed by atoms with E-state index in [9.17, 15) is 0 Å². The summed E-state index contributed by atoms with van der Waals surface area (Å²) in [5, 5.41) is 2.50. The number of benzene rings is 9. The highest BCUT2D eigenvalue weighted by Gasteiger charge is 2.24. The second kappa shape index (κ2) is 13.7. The molecule has 0 N–H and O–H groups in total. The lowest BCUT2D eigenvalue weighted by molar-refractivity contribution is 0.961. The summed E-state index contributed by atoms with van der Waals surface area (Å²) in [7, 11) is 0. The lowest BCUT2D eigenvalue weighted by atomic mass is 9.89. The van der Waals surface area contributed by atoms with E-state index in [0.717, 1.165) is 12.2 Å². The first kappa shape index (κ1) is 33.0. The van der Waals surface area contributed by atoms with E-state index in [1.807, 2.05) is 0 Å². The lowest BCUT2D eigenvalue weighted by Gasteiger charge is -2.33. The van der Waals surface area contributed by atoms with Crippen LogP contribution in [0.2, 0.25) is 0 Å². The molecule has 0 atom stereocenters. The Morgan fingerprint density at radius 1 is 0.298 bits per heavy atom. The molecule has 0 saturated carbocycles. The van der Waals surface area contributed by atoms with Gasteiger partial charge in [0.1, 0.15) is 0 Å². The number of hydrogen-bond acceptors (Lipinski definition) is 1. The van der Waals surface area contributed by atoms with Gasteiger partial charge in [-0.3, -0.25) is 0 Å². The maximum atomic E-state index is 2.46. The molecule has 0 bridgehead atoms. The quantitative estimate of drug-likeness (QED) is 0.166. The van der Waals surface area contributed by atoms with Crippen molar-refractivity contribution >= 4 is 33.2 Å². The van der Waals surface area contributed by atoms with Gasteiger partial charge in [-0.25, -0.2) is 0 Å². The predicted molar refractivity (Wildman–Crippen MR) is 240 cm³/mol. The van der Waals surface area contributed by atoms with Crippen molar-refractivity contribution in [2.75, 3.05) is 4.90 Å². The summed E-state index contributed by atoms with van der Waals surface area (Å²) < 4.78 is 2.42. The molecule has 0 unspecified atom stereocenters. The Hall–Kier alpha value is -7.42. The van der Waals surface area contributed by atoms with E-state index in [1.165, 1.54) is 94.4 Å². The highest BCUT2D eigenvalue weighted by Crippen LogP contribution is 2.45. The summed E-state index contributed by atoms with van der Waals surface area (Å²) in [6.45, 7) is 0.812. The first-order chi connectivity index (χ1) is 28.3. The third-order valence-electron chi connectivity index (χ3n) is 11.6. The van der Waals surface area contributed by atoms with E-state index >= 15 is 0 Å². The molecule has 0 aliphatic carbocycles. The molecule has 1 aliphatic rings. The van der Waals surface area contributed by atoms with Crippen molar-refractivity contribution < 1.29 is 0 Å². The number of para-hydroxylation sites is 2. The monoisotopic (exact) mass is 726 g/mol. The van der Waals surface area contributed by atoms with Crippen LogP contribution in [-0.4, -0.2) is 4.57 Å². The summed E-state index contributed by atoms with van der Waals surface area (Å²) in [5.74, 6) is 0. The Morgan fingerprint density at radius 3 is 1.68 bits per heavy atom. The average molecular weight is 727 g/mol. The van der Waals surface area contributed by atoms with E-state index in [-0.39, 0.29) is 0 Å². The van der Waals surface area contributed by atoms with Crippen LogP contribution in [0.25, 0.3) is 83.1 Å². The number of anilines is 2. The fraction of sp³-hybridized carbons (Fsp3) is 0.0182. The van der Waals surface area contributed by atoms with Gasteiger partial charge >= 0.3 is 0 Å². The van der Waals surface area contributed by atoms with Crippen molar-refractivity contribution in [3.05, 3.63) is 224 Å². The van der Waals surface area contributed by atoms with E-state index in [0.29, 0.717) is 0 Å². The molecule has 57 heavy (non-hydrogen) atoms. The van der Waals surface area contributed by atoms with Crippen LogP contribution in [0.15, 0.2) is 218 Å². The Kier molecular flexibility index (Phi) is 7.93. The van der Waals surface area contributed by atoms with Crippen molar-refractivity contribution in [3.8, 4) is 61.3 Å². The van der Waals surface area contributed by atoms with Gasteiger partial charge in [-0.15, -0.1) is 0 Å². The van der Waals surface area contributed by atoms with Crippen LogP contribution in [0.5, 0.6) is 0 Å². The van der Waals surface area contributed by atoms with Gasteiger partial charge in [0.25, 0.3) is 0 Å². The van der Waals surface area contributed by atoms with E-state index in [4.69, 9.17) is 0 Å². The first-order valence-electron chi connectivity index (χ1n) is 19.7. The fourth-order valence-electron chi connectivity index (χ4n) is 8.90. The minimum absolute atomic E-state index is 0.812. The topological polar surface area (TPSA) is 8.17 Å². The molecule has 10 aromatic rings. The molecule has 0 saturated heterocycles. The SMILES string of the molecule is c1ccc(-c2cccc(N3Cc4ccc(-c5ccc6c(c5)c5ccccc5n6-c5cccc(-c6ccccc6-c6ccccc6)c5)cc4-c4ccccc43)c2)cc1. The maximum absolute atomic E-state index is 2.46. The number of fused-ring (bicyclic) bond motifs is 6. The fourth-order valence-corrected chi connectivity index (χ4v) is 8.90. The molecule has 2 heteroatoms. The molecule has 2 nitrogen and oxygen atoms in total. The number of aromatic nitrogens is 1. The molecule has 0 radical (unpaired) electrons. The second-order valence-electron chi connectivity index (χ2n) is 14.9. The zero-order chi connectivity index (χ0) is 37.7. The summed E-state index contributed by atoms with van der Waals surface area (Å²) in [5.41, 5.74) is 19.7. The van der Waals surface area contributed by atoms with Crippen LogP contribution in [0.4, 0.5) is 11.4 Å². The average Bonchev–Trinajstić information content (AvgIpc) is 3.63. The van der Waals surface area contributed by atoms with Gasteiger partial charge in [-0.2, -0.15) is 0 Å². The predicted octanol–water partition coefficient (Wildman–Crippen LogP) is 14.8. The molecule has 0 fully saturated rings. The normalized spacial score (nSPS) is 12.1. The Bertz CT molecular complexity index is 3100. The van der Waals surface area contributed by atoms with Crippen molar-refractivity contribution in [1.82, 2.24) is 4.57 Å². The zero-order valence-corrected chi connectivity index (χ0v) is 31.4. The highest BCUT2D eigenvalue weighted by molar-refractivity contribution is 6.10. The Balaban J connectivity index is 0.982. The van der Waals surface area contributed by atoms with Crippen molar-refractivity contribution in [3.63, 3.8) is 0 Å². The molecular weight excluding hydrogens is 689 g/mol. The van der Waals surface area contributed by atoms with E-state index in [1.54, 1.807) is 0 Å². The number of rotatable bonds is 6. The zero-order valence-electron chi connectivity index (χ0n) is 31.4. The molecule has 0 spiro atoms. The molecule has 11 rings (SSSR count). The summed E-state index contributed by atoms with van der Waals surface area (Å²) in [4.78, 5) is 2.46. The van der Waals surface area contributed by atoms with Crippen molar-refractivity contribution in [2.24, 2.45) is 0 Å². The first-order valence-corrected chi connectivity index (χ1v) is 19.7. The largest absolute Gasteiger partial charge is 0.336 e. The third-order valence-corrected chi connectivity index (χ3v) is 11.6. The van der Waals surface area contributed by atoms with Crippen LogP contribution < -0.4 is 4.90 Å². The highest BCUT2D eigenvalue weighted by atomic mass is 15.1. The molecule has 268 valence electrons. The molecular formula is C55H38N2. The van der Waals surface area contributed by atoms with Crippen molar-refractivity contribution in [2.45, 2.75) is 6.54 Å². The van der Waals surface area contributed by atoms with Gasteiger partial charge in [-0.05, 0) is 110 Å².